The van der Waals surface area contributed by atoms with Gasteiger partial charge in [0.1, 0.15) is 5.75 Å². The number of para-hydroxylation sites is 1. The van der Waals surface area contributed by atoms with Gasteiger partial charge in [0.2, 0.25) is 0 Å². The number of ether oxygens (including phenoxy) is 1. The van der Waals surface area contributed by atoms with Gasteiger partial charge in [0, 0.05) is 0 Å². The van der Waals surface area contributed by atoms with Crippen molar-refractivity contribution < 1.29 is 4.74 Å². The minimum Gasteiger partial charge on any atom is -0.494 e. The summed E-state index contributed by atoms with van der Waals surface area (Å²) in [5.41, 5.74) is 0. The number of hydrogen-bond donors (Lipinski definition) is 0. The molecule has 0 aromatic heterocycles. The first-order valence-corrected chi connectivity index (χ1v) is 17.6. The summed E-state index contributed by atoms with van der Waals surface area (Å²) in [6, 6.07) is 8.58. The Morgan fingerprint density at radius 2 is 0.867 bits per heavy atom. The van der Waals surface area contributed by atoms with Crippen molar-refractivity contribution in [3.05, 3.63) is 30.3 Å². The number of benzene rings is 1. The highest BCUT2D eigenvalue weighted by atomic mass is 35.8. The zero-order valence-electron chi connectivity index (χ0n) is 18.9. The number of hydrogen-bond acceptors (Lipinski definition) is 1. The Morgan fingerprint density at radius 1 is 0.500 bits per heavy atom. The summed E-state index contributed by atoms with van der Waals surface area (Å²) in [7, 11) is 0. The highest BCUT2D eigenvalue weighted by Crippen LogP contribution is 2.27. The van der Waals surface area contributed by atoms with E-state index in [2.05, 4.69) is 0 Å². The van der Waals surface area contributed by atoms with Crippen molar-refractivity contribution in [2.45, 2.75) is 115 Å². The molecule has 0 heterocycles. The lowest BCUT2D eigenvalue weighted by molar-refractivity contribution is 0.304. The second-order valence-electron chi connectivity index (χ2n) is 8.54. The molecular weight excluding hydrogens is 451 g/mol. The Morgan fingerprint density at radius 3 is 1.27 bits per heavy atom. The van der Waals surface area contributed by atoms with Crippen molar-refractivity contribution in [2.75, 3.05) is 6.61 Å². The number of rotatable bonds is 21. The second-order valence-corrected chi connectivity index (χ2v) is 17.8. The molecule has 30 heavy (non-hydrogen) atoms. The zero-order chi connectivity index (χ0) is 21.8. The van der Waals surface area contributed by atoms with Crippen LogP contribution in [0.3, 0.4) is 0 Å². The predicted molar refractivity (Wildman–Crippen MR) is 139 cm³/mol. The molecule has 0 amide bonds. The summed E-state index contributed by atoms with van der Waals surface area (Å²) in [4.78, 5) is 0. The molecule has 0 bridgehead atoms. The molecule has 1 aromatic carbocycles. The van der Waals surface area contributed by atoms with Gasteiger partial charge in [0.25, 0.3) is 0 Å². The van der Waals surface area contributed by atoms with Crippen LogP contribution in [-0.4, -0.2) is 12.6 Å². The minimum absolute atomic E-state index is 0.821. The third-order valence-electron chi connectivity index (χ3n) is 5.62. The maximum absolute atomic E-state index is 5.90. The van der Waals surface area contributed by atoms with Crippen molar-refractivity contribution in [3.63, 3.8) is 0 Å². The smallest absolute Gasteiger partial charge is 0.341 e. The van der Waals surface area contributed by atoms with Crippen LogP contribution in [-0.2, 0) is 0 Å². The standard InChI is InChI=1S/C25H43Cl3OSi/c26-30(27,28)24-20-15-13-11-9-7-5-3-1-2-4-6-8-10-12-14-19-23-29-25-21-17-16-18-22-25/h16-18,21-22H,1-15,19-20,23-24H2. The van der Waals surface area contributed by atoms with Crippen molar-refractivity contribution in [1.82, 2.24) is 0 Å². The Hall–Kier alpha value is 0.107. The largest absolute Gasteiger partial charge is 0.494 e. The first kappa shape index (κ1) is 28.1. The van der Waals surface area contributed by atoms with Gasteiger partial charge in [0.05, 0.1) is 6.61 Å². The summed E-state index contributed by atoms with van der Waals surface area (Å²) in [5.74, 6) is 0.993. The lowest BCUT2D eigenvalue weighted by Crippen LogP contribution is -2.07. The Labute approximate surface area is 201 Å². The normalized spacial score (nSPS) is 11.7. The van der Waals surface area contributed by atoms with E-state index in [4.69, 9.17) is 38.0 Å². The highest BCUT2D eigenvalue weighted by Gasteiger charge is 2.23. The van der Waals surface area contributed by atoms with Crippen LogP contribution < -0.4 is 4.74 Å². The average Bonchev–Trinajstić information content (AvgIpc) is 2.72. The van der Waals surface area contributed by atoms with Gasteiger partial charge in [-0.3, -0.25) is 0 Å². The van der Waals surface area contributed by atoms with Crippen molar-refractivity contribution in [3.8, 4) is 5.75 Å². The summed E-state index contributed by atoms with van der Waals surface area (Å²) in [6.07, 6.45) is 22.8. The molecule has 0 unspecified atom stereocenters. The maximum Gasteiger partial charge on any atom is 0.341 e. The summed E-state index contributed by atoms with van der Waals surface area (Å²) in [5, 5.41) is 0. The molecule has 0 atom stereocenters. The highest BCUT2D eigenvalue weighted by molar-refractivity contribution is 7.64. The fourth-order valence-corrected chi connectivity index (χ4v) is 5.64. The lowest BCUT2D eigenvalue weighted by atomic mass is 10.0. The monoisotopic (exact) mass is 492 g/mol. The van der Waals surface area contributed by atoms with E-state index in [1.165, 1.54) is 103 Å². The van der Waals surface area contributed by atoms with E-state index in [1.54, 1.807) is 0 Å². The lowest BCUT2D eigenvalue weighted by Gasteiger charge is -2.07. The molecule has 0 fully saturated rings. The van der Waals surface area contributed by atoms with Crippen LogP contribution in [0.4, 0.5) is 0 Å². The predicted octanol–water partition coefficient (Wildman–Crippen LogP) is 10.4. The summed E-state index contributed by atoms with van der Waals surface area (Å²) in [6.45, 7) is 0.849. The fourth-order valence-electron chi connectivity index (χ4n) is 3.79. The minimum atomic E-state index is -2.37. The van der Waals surface area contributed by atoms with Crippen molar-refractivity contribution >= 4 is 39.2 Å². The number of halogens is 3. The van der Waals surface area contributed by atoms with Crippen LogP contribution in [0.1, 0.15) is 109 Å². The molecule has 0 radical (unpaired) electrons. The Kier molecular flexibility index (Phi) is 18.5. The first-order valence-electron chi connectivity index (χ1n) is 12.3. The molecule has 0 aliphatic heterocycles. The molecule has 0 aliphatic carbocycles. The first-order chi connectivity index (χ1) is 14.6. The van der Waals surface area contributed by atoms with Gasteiger partial charge in [-0.25, -0.2) is 0 Å². The molecule has 1 rings (SSSR count). The van der Waals surface area contributed by atoms with E-state index in [0.29, 0.717) is 0 Å². The van der Waals surface area contributed by atoms with Crippen LogP contribution in [0, 0.1) is 0 Å². The van der Waals surface area contributed by atoms with Crippen molar-refractivity contribution in [2.24, 2.45) is 0 Å². The maximum atomic E-state index is 5.90. The molecule has 1 aromatic rings. The van der Waals surface area contributed by atoms with E-state index in [9.17, 15) is 0 Å². The van der Waals surface area contributed by atoms with Gasteiger partial charge < -0.3 is 4.74 Å². The van der Waals surface area contributed by atoms with Crippen LogP contribution >= 0.6 is 33.2 Å². The van der Waals surface area contributed by atoms with Gasteiger partial charge in [0.15, 0.2) is 0 Å². The third kappa shape index (κ3) is 20.0. The molecule has 0 saturated carbocycles. The van der Waals surface area contributed by atoms with E-state index < -0.39 is 6.00 Å². The SMILES string of the molecule is Cl[Si](Cl)(Cl)CCCCCCCCCCCCCCCCCCCOc1ccccc1. The van der Waals surface area contributed by atoms with Crippen molar-refractivity contribution in [1.29, 1.82) is 0 Å². The van der Waals surface area contributed by atoms with E-state index in [1.807, 2.05) is 30.3 Å². The molecule has 0 spiro atoms. The van der Waals surface area contributed by atoms with Gasteiger partial charge in [-0.1, -0.05) is 121 Å². The Balaban J connectivity index is 1.68. The van der Waals surface area contributed by atoms with Gasteiger partial charge >= 0.3 is 6.00 Å². The quantitative estimate of drug-likeness (QED) is 0.0939. The van der Waals surface area contributed by atoms with E-state index in [0.717, 1.165) is 24.8 Å². The third-order valence-corrected chi connectivity index (χ3v) is 8.24. The summed E-state index contributed by atoms with van der Waals surface area (Å²) < 4.78 is 5.73. The molecule has 0 aliphatic rings. The molecular formula is C25H43Cl3OSi. The van der Waals surface area contributed by atoms with E-state index in [-0.39, 0.29) is 0 Å². The Bertz CT molecular complexity index is 479. The van der Waals surface area contributed by atoms with E-state index >= 15 is 0 Å². The zero-order valence-corrected chi connectivity index (χ0v) is 22.1. The average molecular weight is 494 g/mol. The van der Waals surface area contributed by atoms with Gasteiger partial charge in [-0.2, -0.15) is 0 Å². The molecule has 1 nitrogen and oxygen atoms in total. The molecule has 0 saturated heterocycles. The molecule has 5 heteroatoms. The van der Waals surface area contributed by atoms with Crippen LogP contribution in [0.15, 0.2) is 30.3 Å². The van der Waals surface area contributed by atoms with Crippen LogP contribution in [0.2, 0.25) is 6.04 Å². The number of unbranched alkanes of at least 4 members (excludes halogenated alkanes) is 16. The van der Waals surface area contributed by atoms with Gasteiger partial charge in [-0.15, -0.1) is 33.2 Å². The topological polar surface area (TPSA) is 9.23 Å². The fraction of sp³-hybridized carbons (Fsp3) is 0.760. The molecule has 174 valence electrons. The molecule has 0 N–H and O–H groups in total. The van der Waals surface area contributed by atoms with Crippen LogP contribution in [0.5, 0.6) is 5.75 Å². The van der Waals surface area contributed by atoms with Gasteiger partial charge in [-0.05, 0) is 24.6 Å². The second kappa shape index (κ2) is 19.8. The van der Waals surface area contributed by atoms with Crippen LogP contribution in [0.25, 0.3) is 0 Å². The summed E-state index contributed by atoms with van der Waals surface area (Å²) >= 11 is 17.7.